The second-order valence-electron chi connectivity index (χ2n) is 13.2. The Balaban J connectivity index is 3.43. The quantitative estimate of drug-likeness (QED) is 0.0430. The van der Waals surface area contributed by atoms with E-state index in [1.54, 1.807) is 6.08 Å². The van der Waals surface area contributed by atoms with Crippen molar-refractivity contribution in [3.63, 3.8) is 0 Å². The molecule has 2 nitrogen and oxygen atoms in total. The molecule has 0 saturated carbocycles. The minimum atomic E-state index is -0.814. The van der Waals surface area contributed by atoms with Crippen molar-refractivity contribution in [3.8, 4) is 48.4 Å². The highest BCUT2D eigenvalue weighted by molar-refractivity contribution is 5.19. The van der Waals surface area contributed by atoms with Crippen molar-refractivity contribution in [2.45, 2.75) is 205 Å². The molecule has 0 aromatic carbocycles. The molecule has 0 spiro atoms. The average Bonchev–Trinajstić information content (AvgIpc) is 3.09. The minimum absolute atomic E-state index is 0.743. The van der Waals surface area contributed by atoms with Crippen LogP contribution in [0.25, 0.3) is 0 Å². The van der Waals surface area contributed by atoms with Crippen LogP contribution in [-0.4, -0.2) is 22.4 Å². The van der Waals surface area contributed by atoms with Gasteiger partial charge in [0.25, 0.3) is 0 Å². The van der Waals surface area contributed by atoms with Crippen LogP contribution in [-0.2, 0) is 0 Å². The molecule has 0 aliphatic rings. The Labute approximate surface area is 299 Å². The van der Waals surface area contributed by atoms with Crippen LogP contribution in [0, 0.1) is 48.4 Å². The summed E-state index contributed by atoms with van der Waals surface area (Å²) in [5.41, 5.74) is 0. The summed E-state index contributed by atoms with van der Waals surface area (Å²) in [5.74, 6) is 16.9. The standard InChI is InChI=1S/C46H72O2/c1-3-5-6-7-8-9-10-11-12-13-14-15-16-17-18-19-20-21-25-28-31-34-37-40-43-46(48)44-41-38-35-32-29-26-23-22-24-27-30-33-36-39-42-45(47)4-2/h1-2,21,23,25-26,39,42,45-48H,5-20,22,24,27-38H2/b25-21-,26-23-,42-39+. The number of terminal acetylenes is 2. The predicted octanol–water partition coefficient (Wildman–Crippen LogP) is 12.4. The van der Waals surface area contributed by atoms with Crippen molar-refractivity contribution in [2.24, 2.45) is 0 Å². The monoisotopic (exact) mass is 657 g/mol. The summed E-state index contributed by atoms with van der Waals surface area (Å²) in [6.45, 7) is 0. The first kappa shape index (κ1) is 45.4. The average molecular weight is 657 g/mol. The molecule has 0 heterocycles. The highest BCUT2D eigenvalue weighted by Crippen LogP contribution is 2.14. The lowest BCUT2D eigenvalue weighted by molar-refractivity contribution is 0.280. The van der Waals surface area contributed by atoms with Crippen molar-refractivity contribution in [1.29, 1.82) is 0 Å². The zero-order valence-corrected chi connectivity index (χ0v) is 30.9. The fraction of sp³-hybridized carbons (Fsp3) is 0.696. The molecule has 0 saturated heterocycles. The van der Waals surface area contributed by atoms with Crippen LogP contribution >= 0.6 is 0 Å². The molecule has 0 aromatic rings. The Morgan fingerprint density at radius 2 is 0.708 bits per heavy atom. The highest BCUT2D eigenvalue weighted by Gasteiger charge is 1.95. The Morgan fingerprint density at radius 3 is 1.08 bits per heavy atom. The second kappa shape index (κ2) is 40.6. The van der Waals surface area contributed by atoms with Crippen molar-refractivity contribution in [3.05, 3.63) is 36.5 Å². The van der Waals surface area contributed by atoms with E-state index in [2.05, 4.69) is 59.8 Å². The van der Waals surface area contributed by atoms with Gasteiger partial charge in [-0.1, -0.05) is 150 Å². The third-order valence-electron chi connectivity index (χ3n) is 8.58. The first-order valence-electron chi connectivity index (χ1n) is 19.9. The summed E-state index contributed by atoms with van der Waals surface area (Å²) >= 11 is 0. The first-order chi connectivity index (χ1) is 23.7. The first-order valence-corrected chi connectivity index (χ1v) is 19.9. The molecule has 0 amide bonds. The van der Waals surface area contributed by atoms with E-state index in [1.807, 2.05) is 6.08 Å². The largest absolute Gasteiger partial charge is 0.377 e. The van der Waals surface area contributed by atoms with Gasteiger partial charge >= 0.3 is 0 Å². The molecule has 0 fully saturated rings. The highest BCUT2D eigenvalue weighted by atomic mass is 16.3. The zero-order chi connectivity index (χ0) is 34.9. The van der Waals surface area contributed by atoms with E-state index in [1.165, 1.54) is 116 Å². The molecule has 0 aliphatic heterocycles. The number of aliphatic hydroxyl groups is 2. The van der Waals surface area contributed by atoms with Crippen LogP contribution < -0.4 is 0 Å². The van der Waals surface area contributed by atoms with Crippen LogP contribution in [0.5, 0.6) is 0 Å². The van der Waals surface area contributed by atoms with E-state index in [0.717, 1.165) is 77.0 Å². The van der Waals surface area contributed by atoms with E-state index in [-0.39, 0.29) is 0 Å². The van der Waals surface area contributed by atoms with Crippen molar-refractivity contribution >= 4 is 0 Å². The number of hydrogen-bond donors (Lipinski definition) is 2. The van der Waals surface area contributed by atoms with Crippen LogP contribution in [0.1, 0.15) is 193 Å². The van der Waals surface area contributed by atoms with Crippen LogP contribution in [0.4, 0.5) is 0 Å². The molecular weight excluding hydrogens is 585 g/mol. The Bertz CT molecular complexity index is 980. The van der Waals surface area contributed by atoms with Gasteiger partial charge in [-0.15, -0.1) is 18.8 Å². The number of unbranched alkanes of at least 4 members (excludes halogenated alkanes) is 26. The second-order valence-corrected chi connectivity index (χ2v) is 13.2. The van der Waals surface area contributed by atoms with Gasteiger partial charge in [-0.2, -0.15) is 0 Å². The Kier molecular flexibility index (Phi) is 38.3. The van der Waals surface area contributed by atoms with Gasteiger partial charge in [-0.25, -0.2) is 0 Å². The van der Waals surface area contributed by atoms with Crippen molar-refractivity contribution in [2.75, 3.05) is 0 Å². The van der Waals surface area contributed by atoms with Crippen molar-refractivity contribution < 1.29 is 10.2 Å². The lowest BCUT2D eigenvalue weighted by Crippen LogP contribution is -1.97. The molecule has 268 valence electrons. The van der Waals surface area contributed by atoms with Crippen LogP contribution in [0.15, 0.2) is 36.5 Å². The SMILES string of the molecule is C#CCCCCCCCCCCCCCCCC/C=C\CCCCC#CC(O)C#CCCCC/C=C\CCCCCC/C=C/C(O)C#C. The van der Waals surface area contributed by atoms with Gasteiger partial charge in [0.1, 0.15) is 6.10 Å². The van der Waals surface area contributed by atoms with Gasteiger partial charge in [-0.05, 0) is 89.5 Å². The fourth-order valence-electron chi connectivity index (χ4n) is 5.57. The Hall–Kier alpha value is -2.62. The third-order valence-corrected chi connectivity index (χ3v) is 8.58. The topological polar surface area (TPSA) is 40.5 Å². The fourth-order valence-corrected chi connectivity index (χ4v) is 5.57. The smallest absolute Gasteiger partial charge is 0.176 e. The maximum atomic E-state index is 9.97. The molecule has 2 N–H and O–H groups in total. The van der Waals surface area contributed by atoms with Crippen molar-refractivity contribution in [1.82, 2.24) is 0 Å². The normalized spacial score (nSPS) is 12.4. The van der Waals surface area contributed by atoms with Gasteiger partial charge in [0.15, 0.2) is 6.10 Å². The molecule has 48 heavy (non-hydrogen) atoms. The molecule has 2 atom stereocenters. The lowest BCUT2D eigenvalue weighted by Gasteiger charge is -2.03. The predicted molar refractivity (Wildman–Crippen MR) is 211 cm³/mol. The maximum absolute atomic E-state index is 9.97. The van der Waals surface area contributed by atoms with Crippen LogP contribution in [0.2, 0.25) is 0 Å². The lowest BCUT2D eigenvalue weighted by atomic mass is 10.0. The van der Waals surface area contributed by atoms with Gasteiger partial charge in [0, 0.05) is 19.3 Å². The van der Waals surface area contributed by atoms with E-state index < -0.39 is 12.2 Å². The van der Waals surface area contributed by atoms with E-state index in [9.17, 15) is 10.2 Å². The number of allylic oxidation sites excluding steroid dienone is 5. The van der Waals surface area contributed by atoms with E-state index in [4.69, 9.17) is 12.8 Å². The summed E-state index contributed by atoms with van der Waals surface area (Å²) in [6, 6.07) is 0. The molecule has 0 rings (SSSR count). The molecule has 0 radical (unpaired) electrons. The van der Waals surface area contributed by atoms with Gasteiger partial charge in [0.2, 0.25) is 0 Å². The van der Waals surface area contributed by atoms with Crippen LogP contribution in [0.3, 0.4) is 0 Å². The summed E-state index contributed by atoms with van der Waals surface area (Å²) < 4.78 is 0. The number of aliphatic hydroxyl groups excluding tert-OH is 2. The number of rotatable bonds is 32. The minimum Gasteiger partial charge on any atom is -0.377 e. The molecule has 0 aromatic heterocycles. The third kappa shape index (κ3) is 39.6. The summed E-state index contributed by atoms with van der Waals surface area (Å²) in [6.07, 6.45) is 58.5. The summed E-state index contributed by atoms with van der Waals surface area (Å²) in [4.78, 5) is 0. The summed E-state index contributed by atoms with van der Waals surface area (Å²) in [5, 5.41) is 19.2. The molecule has 0 bridgehead atoms. The maximum Gasteiger partial charge on any atom is 0.176 e. The van der Waals surface area contributed by atoms with E-state index >= 15 is 0 Å². The molecule has 0 aliphatic carbocycles. The molecule has 2 heteroatoms. The Morgan fingerprint density at radius 1 is 0.396 bits per heavy atom. The molecule has 2 unspecified atom stereocenters. The molecular formula is C46H72O2. The van der Waals surface area contributed by atoms with Gasteiger partial charge in [0.05, 0.1) is 0 Å². The number of hydrogen-bond acceptors (Lipinski definition) is 2. The zero-order valence-electron chi connectivity index (χ0n) is 30.9. The van der Waals surface area contributed by atoms with Gasteiger partial charge in [-0.3, -0.25) is 0 Å². The van der Waals surface area contributed by atoms with Gasteiger partial charge < -0.3 is 10.2 Å². The summed E-state index contributed by atoms with van der Waals surface area (Å²) in [7, 11) is 0. The van der Waals surface area contributed by atoms with E-state index in [0.29, 0.717) is 0 Å².